The minimum absolute atomic E-state index is 0.0696. The minimum Gasteiger partial charge on any atom is -0.405 e. The summed E-state index contributed by atoms with van der Waals surface area (Å²) in [6, 6.07) is 4.98. The number of aliphatic imine (C=N–C) groups is 1. The van der Waals surface area contributed by atoms with Gasteiger partial charge in [-0.1, -0.05) is 18.9 Å². The van der Waals surface area contributed by atoms with Crippen LogP contribution in [0.15, 0.2) is 41.7 Å². The predicted octanol–water partition coefficient (Wildman–Crippen LogP) is 5.07. The molecule has 2 aliphatic heterocycles. The Morgan fingerprint density at radius 1 is 1.21 bits per heavy atom. The Labute approximate surface area is 200 Å². The van der Waals surface area contributed by atoms with E-state index >= 15 is 0 Å². The number of halogens is 3. The van der Waals surface area contributed by atoms with Gasteiger partial charge in [0.05, 0.1) is 28.8 Å². The lowest BCUT2D eigenvalue weighted by Crippen LogP contribution is -2.48. The molecule has 4 rings (SSSR count). The Bertz CT molecular complexity index is 893. The van der Waals surface area contributed by atoms with Crippen molar-refractivity contribution in [1.29, 1.82) is 0 Å². The van der Waals surface area contributed by atoms with Gasteiger partial charge in [-0.25, -0.2) is 0 Å². The molecule has 5 nitrogen and oxygen atoms in total. The first kappa shape index (κ1) is 25.2. The molecule has 8 heteroatoms. The van der Waals surface area contributed by atoms with Crippen LogP contribution in [0.2, 0.25) is 0 Å². The van der Waals surface area contributed by atoms with Gasteiger partial charge in [-0.05, 0) is 83.3 Å². The standard InChI is InChI=1S/C26H37F3N4O/c1-23(2,26(27,28)29)22-17-20(19(33-22)8-13-30)31-15-11-24(21-7-3-6-14-32-21)12-16-34-25(18-24)9-4-5-10-25/h3,6-8,13-14,20,22,31H,4-5,9-12,15-18,30H2,1-2H3/t20?,22?,24-/m1/s1. The van der Waals surface area contributed by atoms with Crippen LogP contribution < -0.4 is 11.1 Å². The van der Waals surface area contributed by atoms with E-state index in [1.165, 1.54) is 32.9 Å². The molecular weight excluding hydrogens is 441 g/mol. The van der Waals surface area contributed by atoms with E-state index in [2.05, 4.69) is 16.4 Å². The van der Waals surface area contributed by atoms with Gasteiger partial charge in [0.15, 0.2) is 0 Å². The van der Waals surface area contributed by atoms with Crippen molar-refractivity contribution >= 4 is 5.71 Å². The summed E-state index contributed by atoms with van der Waals surface area (Å²) < 4.78 is 47.3. The van der Waals surface area contributed by atoms with E-state index in [0.29, 0.717) is 25.3 Å². The fraction of sp³-hybridized carbons (Fsp3) is 0.692. The van der Waals surface area contributed by atoms with E-state index in [0.717, 1.165) is 37.8 Å². The normalized spacial score (nSPS) is 29.7. The Hall–Kier alpha value is -1.93. The Morgan fingerprint density at radius 3 is 2.62 bits per heavy atom. The lowest BCUT2D eigenvalue weighted by atomic mass is 9.68. The number of ether oxygens (including phenoxy) is 1. The zero-order chi connectivity index (χ0) is 24.5. The van der Waals surface area contributed by atoms with E-state index in [1.54, 1.807) is 6.08 Å². The third kappa shape index (κ3) is 4.89. The van der Waals surface area contributed by atoms with Crippen LogP contribution in [0.3, 0.4) is 0 Å². The first-order valence-corrected chi connectivity index (χ1v) is 12.4. The predicted molar refractivity (Wildman–Crippen MR) is 128 cm³/mol. The molecule has 2 fully saturated rings. The molecule has 1 aromatic heterocycles. The molecule has 0 amide bonds. The number of pyridine rings is 1. The molecule has 2 unspecified atom stereocenters. The van der Waals surface area contributed by atoms with E-state index in [1.807, 2.05) is 18.3 Å². The van der Waals surface area contributed by atoms with E-state index < -0.39 is 17.6 Å². The van der Waals surface area contributed by atoms with Crippen LogP contribution in [0, 0.1) is 5.41 Å². The number of hydrogen-bond donors (Lipinski definition) is 2. The summed E-state index contributed by atoms with van der Waals surface area (Å²) in [5, 5.41) is 3.52. The Morgan fingerprint density at radius 2 is 1.97 bits per heavy atom. The zero-order valence-corrected chi connectivity index (χ0v) is 20.2. The molecular formula is C26H37F3N4O. The van der Waals surface area contributed by atoms with Gasteiger partial charge < -0.3 is 15.8 Å². The number of nitrogens with two attached hydrogens (primary N) is 1. The average Bonchev–Trinajstić information content (AvgIpc) is 3.41. The molecule has 1 saturated heterocycles. The fourth-order valence-electron chi connectivity index (χ4n) is 6.04. The van der Waals surface area contributed by atoms with Crippen LogP contribution in [-0.4, -0.2) is 47.7 Å². The van der Waals surface area contributed by atoms with Crippen molar-refractivity contribution in [3.05, 3.63) is 42.4 Å². The second-order valence-electron chi connectivity index (χ2n) is 10.8. The number of hydrogen-bond acceptors (Lipinski definition) is 5. The molecule has 3 heterocycles. The van der Waals surface area contributed by atoms with Crippen LogP contribution in [0.5, 0.6) is 0 Å². The van der Waals surface area contributed by atoms with Crippen LogP contribution in [-0.2, 0) is 10.2 Å². The van der Waals surface area contributed by atoms with Crippen LogP contribution >= 0.6 is 0 Å². The van der Waals surface area contributed by atoms with Crippen molar-refractivity contribution < 1.29 is 17.9 Å². The second-order valence-corrected chi connectivity index (χ2v) is 10.8. The van der Waals surface area contributed by atoms with Crippen molar-refractivity contribution in [2.45, 2.75) is 94.5 Å². The quantitative estimate of drug-likeness (QED) is 0.574. The summed E-state index contributed by atoms with van der Waals surface area (Å²) in [6.07, 6.45) is 8.05. The molecule has 0 aromatic carbocycles. The van der Waals surface area contributed by atoms with Gasteiger partial charge in [-0.3, -0.25) is 9.98 Å². The highest BCUT2D eigenvalue weighted by atomic mass is 19.4. The molecule has 1 aliphatic carbocycles. The first-order valence-electron chi connectivity index (χ1n) is 12.4. The highest BCUT2D eigenvalue weighted by molar-refractivity contribution is 6.00. The average molecular weight is 479 g/mol. The number of rotatable bonds is 7. The van der Waals surface area contributed by atoms with Gasteiger partial charge >= 0.3 is 6.18 Å². The van der Waals surface area contributed by atoms with E-state index in [9.17, 15) is 13.2 Å². The fourth-order valence-corrected chi connectivity index (χ4v) is 6.04. The maximum atomic E-state index is 13.7. The molecule has 188 valence electrons. The molecule has 0 radical (unpaired) electrons. The van der Waals surface area contributed by atoms with Gasteiger partial charge in [0.2, 0.25) is 0 Å². The molecule has 1 saturated carbocycles. The number of aromatic nitrogens is 1. The van der Waals surface area contributed by atoms with Gasteiger partial charge in [0.1, 0.15) is 0 Å². The summed E-state index contributed by atoms with van der Waals surface area (Å²) in [4.78, 5) is 9.17. The third-order valence-corrected chi connectivity index (χ3v) is 8.32. The first-order chi connectivity index (χ1) is 16.1. The maximum absolute atomic E-state index is 13.7. The van der Waals surface area contributed by atoms with Crippen molar-refractivity contribution in [2.24, 2.45) is 16.1 Å². The maximum Gasteiger partial charge on any atom is 0.396 e. The van der Waals surface area contributed by atoms with E-state index in [4.69, 9.17) is 15.5 Å². The Kier molecular flexibility index (Phi) is 7.11. The summed E-state index contributed by atoms with van der Waals surface area (Å²) in [6.45, 7) is 3.83. The smallest absolute Gasteiger partial charge is 0.396 e. The molecule has 3 aliphatic rings. The van der Waals surface area contributed by atoms with Crippen LogP contribution in [0.25, 0.3) is 0 Å². The summed E-state index contributed by atoms with van der Waals surface area (Å²) >= 11 is 0. The van der Waals surface area contributed by atoms with Gasteiger partial charge in [-0.15, -0.1) is 0 Å². The van der Waals surface area contributed by atoms with Crippen LogP contribution in [0.4, 0.5) is 13.2 Å². The summed E-state index contributed by atoms with van der Waals surface area (Å²) in [7, 11) is 0. The van der Waals surface area contributed by atoms with Crippen LogP contribution in [0.1, 0.15) is 70.9 Å². The lowest BCUT2D eigenvalue weighted by molar-refractivity contribution is -0.218. The lowest BCUT2D eigenvalue weighted by Gasteiger charge is -2.46. The van der Waals surface area contributed by atoms with Crippen molar-refractivity contribution in [2.75, 3.05) is 13.2 Å². The summed E-state index contributed by atoms with van der Waals surface area (Å²) in [5.74, 6) is 0. The number of nitrogens with zero attached hydrogens (tertiary/aromatic N) is 2. The third-order valence-electron chi connectivity index (χ3n) is 8.32. The zero-order valence-electron chi connectivity index (χ0n) is 20.2. The monoisotopic (exact) mass is 478 g/mol. The van der Waals surface area contributed by atoms with Crippen molar-refractivity contribution in [3.63, 3.8) is 0 Å². The minimum atomic E-state index is -4.33. The highest BCUT2D eigenvalue weighted by Crippen LogP contribution is 2.50. The molecule has 1 spiro atoms. The Balaban J connectivity index is 1.49. The molecule has 0 bridgehead atoms. The number of alkyl halides is 3. The van der Waals surface area contributed by atoms with E-state index in [-0.39, 0.29) is 17.1 Å². The highest BCUT2D eigenvalue weighted by Gasteiger charge is 2.54. The van der Waals surface area contributed by atoms with Crippen molar-refractivity contribution in [3.8, 4) is 0 Å². The van der Waals surface area contributed by atoms with Gasteiger partial charge in [-0.2, -0.15) is 13.2 Å². The molecule has 3 N–H and O–H groups in total. The molecule has 1 aromatic rings. The topological polar surface area (TPSA) is 72.5 Å². The molecule has 3 atom stereocenters. The SMILES string of the molecule is CC(C)(C1CC(NCC[C@@]2(c3ccccn3)CCOC3(CCCC3)C2)C(C=CN)=N1)C(F)(F)F. The van der Waals surface area contributed by atoms with Gasteiger partial charge in [0, 0.05) is 23.9 Å². The second kappa shape index (κ2) is 9.61. The molecule has 34 heavy (non-hydrogen) atoms. The van der Waals surface area contributed by atoms with Gasteiger partial charge in [0.25, 0.3) is 0 Å². The summed E-state index contributed by atoms with van der Waals surface area (Å²) in [5.41, 5.74) is 5.19. The number of nitrogens with one attached hydrogen (secondary N) is 1. The largest absolute Gasteiger partial charge is 0.405 e. The van der Waals surface area contributed by atoms with Crippen molar-refractivity contribution in [1.82, 2.24) is 10.3 Å².